The van der Waals surface area contributed by atoms with E-state index in [0.717, 1.165) is 0 Å². The summed E-state index contributed by atoms with van der Waals surface area (Å²) in [6.45, 7) is 0. The second-order valence-corrected chi connectivity index (χ2v) is 2.97. The largest absolute Gasteiger partial charge is 0.335 e. The molecule has 0 radical (unpaired) electrons. The van der Waals surface area contributed by atoms with Crippen LogP contribution in [0.2, 0.25) is 0 Å². The number of rotatable bonds is 2. The molecule has 0 spiro atoms. The first kappa shape index (κ1) is 10.7. The van der Waals surface area contributed by atoms with Crippen molar-refractivity contribution in [3.05, 3.63) is 34.4 Å². The number of benzene rings is 1. The number of non-ortho nitro benzene ring substituents is 1. The summed E-state index contributed by atoms with van der Waals surface area (Å²) in [7, 11) is 0. The van der Waals surface area contributed by atoms with E-state index in [4.69, 9.17) is 23.4 Å². The Morgan fingerprint density at radius 1 is 1.36 bits per heavy atom. The molecule has 5 nitrogen and oxygen atoms in total. The van der Waals surface area contributed by atoms with Crippen molar-refractivity contribution in [1.82, 2.24) is 0 Å². The van der Waals surface area contributed by atoms with E-state index < -0.39 is 10.3 Å². The Labute approximate surface area is 89.1 Å². The third-order valence-corrected chi connectivity index (χ3v) is 2.05. The maximum atomic E-state index is 10.6. The van der Waals surface area contributed by atoms with Gasteiger partial charge in [0.15, 0.2) is 0 Å². The zero-order valence-electron chi connectivity index (χ0n) is 6.68. The number of nitro benzene ring substituents is 1. The smallest absolute Gasteiger partial charge is 0.258 e. The summed E-state index contributed by atoms with van der Waals surface area (Å²) in [6.07, 6.45) is 0. The highest BCUT2D eigenvalue weighted by Gasteiger charge is 2.11. The van der Waals surface area contributed by atoms with Gasteiger partial charge >= 0.3 is 5.37 Å². The molecule has 0 heterocycles. The Morgan fingerprint density at radius 3 is 2.21 bits per heavy atom. The van der Waals surface area contributed by atoms with Crippen LogP contribution in [-0.2, 0) is 0 Å². The Morgan fingerprint density at radius 2 is 1.86 bits per heavy atom. The molecule has 7 heteroatoms. The number of nitro groups is 1. The van der Waals surface area contributed by atoms with Gasteiger partial charge in [-0.1, -0.05) is 0 Å². The van der Waals surface area contributed by atoms with Crippen LogP contribution in [0.3, 0.4) is 0 Å². The van der Waals surface area contributed by atoms with Crippen molar-refractivity contribution in [1.29, 1.82) is 0 Å². The highest BCUT2D eigenvalue weighted by atomic mass is 35.5. The first-order valence-electron chi connectivity index (χ1n) is 3.42. The first-order chi connectivity index (χ1) is 6.52. The molecule has 0 bridgehead atoms. The molecule has 0 N–H and O–H groups in total. The van der Waals surface area contributed by atoms with E-state index >= 15 is 0 Å². The lowest BCUT2D eigenvalue weighted by atomic mass is 10.3. The molecule has 0 aliphatic carbocycles. The van der Waals surface area contributed by atoms with E-state index in [1.54, 1.807) is 0 Å². The summed E-state index contributed by atoms with van der Waals surface area (Å²) >= 11 is 10.5. The third kappa shape index (κ3) is 2.34. The van der Waals surface area contributed by atoms with Crippen LogP contribution in [0, 0.1) is 10.1 Å². The fourth-order valence-corrected chi connectivity index (χ4v) is 1.02. The van der Waals surface area contributed by atoms with E-state index in [9.17, 15) is 14.9 Å². The quantitative estimate of drug-likeness (QED) is 0.260. The number of carbonyl (C=O) groups is 1. The highest BCUT2D eigenvalue weighted by molar-refractivity contribution is 6.71. The number of carbonyl (C=O) groups excluding carboxylic acids is 1. The fraction of sp³-hybridized carbons (Fsp3) is 0. The van der Waals surface area contributed by atoms with Crippen molar-refractivity contribution < 1.29 is 9.72 Å². The van der Waals surface area contributed by atoms with Crippen LogP contribution in [0.25, 0.3) is 0 Å². The molecule has 0 fully saturated rings. The average Bonchev–Trinajstić information content (AvgIpc) is 2.16. The van der Waals surface area contributed by atoms with Crippen molar-refractivity contribution >= 4 is 40.1 Å². The Bertz CT molecular complexity index is 366. The topological polar surface area (TPSA) is 63.5 Å². The summed E-state index contributed by atoms with van der Waals surface area (Å²) in [4.78, 5) is 20.3. The molecule has 1 rings (SSSR count). The molecular formula is C7H4Cl2N2O3. The van der Waals surface area contributed by atoms with Gasteiger partial charge in [0.05, 0.1) is 10.6 Å². The minimum absolute atomic E-state index is 0.0826. The van der Waals surface area contributed by atoms with Gasteiger partial charge in [-0.05, 0) is 23.7 Å². The fourth-order valence-electron chi connectivity index (χ4n) is 0.807. The molecule has 14 heavy (non-hydrogen) atoms. The average molecular weight is 235 g/mol. The first-order valence-corrected chi connectivity index (χ1v) is 4.14. The van der Waals surface area contributed by atoms with E-state index in [1.807, 2.05) is 0 Å². The van der Waals surface area contributed by atoms with E-state index in [0.29, 0.717) is 4.42 Å². The van der Waals surface area contributed by atoms with Gasteiger partial charge in [-0.2, -0.15) is 0 Å². The zero-order chi connectivity index (χ0) is 10.7. The number of nitrogens with zero attached hydrogens (tertiary/aromatic N) is 2. The molecule has 0 aromatic heterocycles. The number of anilines is 1. The monoisotopic (exact) mass is 234 g/mol. The van der Waals surface area contributed by atoms with Crippen molar-refractivity contribution in [2.75, 3.05) is 4.42 Å². The van der Waals surface area contributed by atoms with Gasteiger partial charge < -0.3 is 0 Å². The number of halogens is 2. The van der Waals surface area contributed by atoms with Crippen LogP contribution in [0.5, 0.6) is 0 Å². The molecule has 1 aromatic carbocycles. The second-order valence-electron chi connectivity index (χ2n) is 2.31. The molecule has 0 unspecified atom stereocenters. The van der Waals surface area contributed by atoms with Gasteiger partial charge in [-0.25, -0.2) is 4.42 Å². The minimum Gasteiger partial charge on any atom is -0.258 e. The lowest BCUT2D eigenvalue weighted by Crippen LogP contribution is -2.12. The van der Waals surface area contributed by atoms with Crippen molar-refractivity contribution in [3.63, 3.8) is 0 Å². The molecule has 0 saturated heterocycles. The van der Waals surface area contributed by atoms with Gasteiger partial charge in [-0.3, -0.25) is 14.9 Å². The van der Waals surface area contributed by atoms with Crippen LogP contribution < -0.4 is 4.42 Å². The predicted octanol–water partition coefficient (Wildman–Crippen LogP) is 2.91. The Balaban J connectivity index is 2.94. The molecule has 0 aliphatic heterocycles. The molecule has 0 aliphatic rings. The van der Waals surface area contributed by atoms with Crippen molar-refractivity contribution in [2.24, 2.45) is 0 Å². The van der Waals surface area contributed by atoms with Crippen LogP contribution >= 0.6 is 23.4 Å². The molecule has 1 amide bonds. The SMILES string of the molecule is O=C(Cl)N(Cl)c1ccc([N+](=O)[O-])cc1. The van der Waals surface area contributed by atoms with Gasteiger partial charge in [0.25, 0.3) is 5.69 Å². The van der Waals surface area contributed by atoms with Crippen molar-refractivity contribution in [2.45, 2.75) is 0 Å². The zero-order valence-corrected chi connectivity index (χ0v) is 8.20. The maximum absolute atomic E-state index is 10.6. The standard InChI is InChI=1S/C7H4Cl2N2O3/c8-7(12)10(9)5-1-3-6(4-2-5)11(13)14/h1-4H. The predicted molar refractivity (Wildman–Crippen MR) is 52.7 cm³/mol. The van der Waals surface area contributed by atoms with Crippen LogP contribution in [-0.4, -0.2) is 10.3 Å². The van der Waals surface area contributed by atoms with E-state index in [-0.39, 0.29) is 11.4 Å². The molecule has 74 valence electrons. The molecule has 0 atom stereocenters. The summed E-state index contributed by atoms with van der Waals surface area (Å²) in [5.41, 5.74) is 0.193. The number of amides is 1. The van der Waals surface area contributed by atoms with Gasteiger partial charge in [0.2, 0.25) is 0 Å². The molecule has 1 aromatic rings. The summed E-state index contributed by atoms with van der Waals surface area (Å²) < 4.78 is 0.658. The van der Waals surface area contributed by atoms with Crippen LogP contribution in [0.1, 0.15) is 0 Å². The summed E-state index contributed by atoms with van der Waals surface area (Å²) in [6, 6.07) is 5.10. The van der Waals surface area contributed by atoms with Crippen LogP contribution in [0.15, 0.2) is 24.3 Å². The Kier molecular flexibility index (Phi) is 3.27. The van der Waals surface area contributed by atoms with Crippen LogP contribution in [0.4, 0.5) is 16.2 Å². The van der Waals surface area contributed by atoms with E-state index in [2.05, 4.69) is 0 Å². The second kappa shape index (κ2) is 4.26. The van der Waals surface area contributed by atoms with Gasteiger partial charge in [0.1, 0.15) is 0 Å². The minimum atomic E-state index is -0.875. The number of hydrogen-bond acceptors (Lipinski definition) is 3. The third-order valence-electron chi connectivity index (χ3n) is 1.44. The highest BCUT2D eigenvalue weighted by Crippen LogP contribution is 2.21. The van der Waals surface area contributed by atoms with Gasteiger partial charge in [-0.15, -0.1) is 0 Å². The Hall–Kier alpha value is -1.33. The van der Waals surface area contributed by atoms with Gasteiger partial charge in [0, 0.05) is 23.9 Å². The molecule has 0 saturated carbocycles. The lowest BCUT2D eigenvalue weighted by molar-refractivity contribution is -0.384. The number of hydrogen-bond donors (Lipinski definition) is 0. The summed E-state index contributed by atoms with van der Waals surface area (Å²) in [5.74, 6) is 0. The lowest BCUT2D eigenvalue weighted by Gasteiger charge is -2.08. The maximum Gasteiger partial charge on any atom is 0.335 e. The molecular weight excluding hydrogens is 231 g/mol. The van der Waals surface area contributed by atoms with E-state index in [1.165, 1.54) is 24.3 Å². The summed E-state index contributed by atoms with van der Waals surface area (Å²) in [5, 5.41) is 9.41. The van der Waals surface area contributed by atoms with Crippen molar-refractivity contribution in [3.8, 4) is 0 Å². The normalized spacial score (nSPS) is 9.57.